The van der Waals surface area contributed by atoms with E-state index in [0.717, 1.165) is 45.4 Å². The fourth-order valence-electron chi connectivity index (χ4n) is 4.56. The molecule has 1 N–H and O–H groups in total. The SMILES string of the molecule is CCCCC1(c2ccccc2)NC(=O)N(CC(=O)N(C)Cc2ccc3cc(OC)ccc3c2)C1=O. The molecule has 1 fully saturated rings. The fraction of sp³-hybridized carbons (Fsp3) is 0.321. The lowest BCUT2D eigenvalue weighted by molar-refractivity contribution is -0.139. The first-order valence-electron chi connectivity index (χ1n) is 11.9. The summed E-state index contributed by atoms with van der Waals surface area (Å²) in [5.41, 5.74) is 0.562. The largest absolute Gasteiger partial charge is 0.497 e. The van der Waals surface area contributed by atoms with Crippen LogP contribution in [-0.2, 0) is 21.7 Å². The summed E-state index contributed by atoms with van der Waals surface area (Å²) in [6.07, 6.45) is 2.15. The van der Waals surface area contributed by atoms with E-state index >= 15 is 0 Å². The van der Waals surface area contributed by atoms with Crippen molar-refractivity contribution >= 4 is 28.6 Å². The molecule has 0 saturated carbocycles. The first kappa shape index (κ1) is 24.3. The molecule has 4 amide bonds. The molecule has 35 heavy (non-hydrogen) atoms. The maximum Gasteiger partial charge on any atom is 0.325 e. The molecule has 1 aliphatic rings. The third kappa shape index (κ3) is 4.85. The molecule has 1 aliphatic heterocycles. The van der Waals surface area contributed by atoms with Gasteiger partial charge in [0.25, 0.3) is 5.91 Å². The first-order chi connectivity index (χ1) is 16.9. The van der Waals surface area contributed by atoms with Crippen molar-refractivity contribution in [3.63, 3.8) is 0 Å². The van der Waals surface area contributed by atoms with Crippen molar-refractivity contribution < 1.29 is 19.1 Å². The van der Waals surface area contributed by atoms with Crippen LogP contribution in [0.25, 0.3) is 10.8 Å². The number of benzene rings is 3. The number of carbonyl (C=O) groups is 3. The highest BCUT2D eigenvalue weighted by atomic mass is 16.5. The van der Waals surface area contributed by atoms with Crippen molar-refractivity contribution in [2.75, 3.05) is 20.7 Å². The zero-order valence-corrected chi connectivity index (χ0v) is 20.4. The number of methoxy groups -OCH3 is 1. The van der Waals surface area contributed by atoms with E-state index in [-0.39, 0.29) is 18.4 Å². The van der Waals surface area contributed by atoms with Crippen molar-refractivity contribution in [3.05, 3.63) is 77.9 Å². The van der Waals surface area contributed by atoms with E-state index in [2.05, 4.69) is 5.32 Å². The molecule has 0 aromatic heterocycles. The Balaban J connectivity index is 1.48. The van der Waals surface area contributed by atoms with Gasteiger partial charge in [0.1, 0.15) is 17.8 Å². The van der Waals surface area contributed by atoms with Gasteiger partial charge in [-0.3, -0.25) is 14.5 Å². The minimum absolute atomic E-state index is 0.299. The maximum absolute atomic E-state index is 13.5. The summed E-state index contributed by atoms with van der Waals surface area (Å²) in [5.74, 6) is 0.114. The number of likely N-dealkylation sites (N-methyl/N-ethyl adjacent to an activating group) is 1. The standard InChI is InChI=1S/C28H31N3O4/c1-4-5-15-28(23-9-7-6-8-10-23)26(33)31(27(34)29-28)19-25(32)30(2)18-20-11-12-22-17-24(35-3)14-13-21(22)16-20/h6-14,16-17H,4-5,15,18-19H2,1-3H3,(H,29,34). The number of amides is 4. The fourth-order valence-corrected chi connectivity index (χ4v) is 4.56. The molecule has 1 unspecified atom stereocenters. The lowest BCUT2D eigenvalue weighted by Gasteiger charge is -2.27. The summed E-state index contributed by atoms with van der Waals surface area (Å²) >= 11 is 0. The van der Waals surface area contributed by atoms with Gasteiger partial charge in [-0.15, -0.1) is 0 Å². The van der Waals surface area contributed by atoms with E-state index in [0.29, 0.717) is 13.0 Å². The van der Waals surface area contributed by atoms with Crippen LogP contribution >= 0.6 is 0 Å². The molecule has 1 heterocycles. The lowest BCUT2D eigenvalue weighted by Crippen LogP contribution is -2.45. The Labute approximate surface area is 205 Å². The number of imide groups is 1. The van der Waals surface area contributed by atoms with Crippen LogP contribution in [0.1, 0.15) is 37.3 Å². The Morgan fingerprint density at radius 1 is 1.03 bits per heavy atom. The summed E-state index contributed by atoms with van der Waals surface area (Å²) in [4.78, 5) is 42.0. The predicted octanol–water partition coefficient (Wildman–Crippen LogP) is 4.44. The highest BCUT2D eigenvalue weighted by molar-refractivity contribution is 6.09. The Hall–Kier alpha value is -3.87. The molecule has 0 radical (unpaired) electrons. The van der Waals surface area contributed by atoms with Crippen LogP contribution < -0.4 is 10.1 Å². The Morgan fingerprint density at radius 2 is 1.74 bits per heavy atom. The van der Waals surface area contributed by atoms with Gasteiger partial charge in [0.05, 0.1) is 7.11 Å². The Kier molecular flexibility index (Phi) is 7.05. The average Bonchev–Trinajstić information content (AvgIpc) is 3.12. The molecule has 3 aromatic rings. The zero-order chi connectivity index (χ0) is 25.0. The molecular weight excluding hydrogens is 442 g/mol. The number of hydrogen-bond acceptors (Lipinski definition) is 4. The zero-order valence-electron chi connectivity index (χ0n) is 20.4. The molecule has 1 saturated heterocycles. The van der Waals surface area contributed by atoms with E-state index in [1.165, 1.54) is 0 Å². The number of unbranched alkanes of at least 4 members (excludes halogenated alkanes) is 1. The second kappa shape index (κ2) is 10.2. The first-order valence-corrected chi connectivity index (χ1v) is 11.9. The van der Waals surface area contributed by atoms with Crippen LogP contribution in [0.4, 0.5) is 4.79 Å². The van der Waals surface area contributed by atoms with Crippen molar-refractivity contribution in [1.29, 1.82) is 0 Å². The number of rotatable bonds is 9. The summed E-state index contributed by atoms with van der Waals surface area (Å²) in [6, 6.07) is 20.6. The second-order valence-electron chi connectivity index (χ2n) is 8.99. The van der Waals surface area contributed by atoms with Crippen LogP contribution in [0.5, 0.6) is 5.75 Å². The molecule has 1 atom stereocenters. The minimum atomic E-state index is -1.13. The summed E-state index contributed by atoms with van der Waals surface area (Å²) in [5, 5.41) is 4.99. The van der Waals surface area contributed by atoms with Gasteiger partial charge in [0.15, 0.2) is 0 Å². The predicted molar refractivity (Wildman–Crippen MR) is 135 cm³/mol. The molecule has 7 nitrogen and oxygen atoms in total. The third-order valence-corrected chi connectivity index (χ3v) is 6.60. The van der Waals surface area contributed by atoms with Gasteiger partial charge < -0.3 is 15.0 Å². The quantitative estimate of drug-likeness (QED) is 0.466. The van der Waals surface area contributed by atoms with Gasteiger partial charge in [-0.2, -0.15) is 0 Å². The van der Waals surface area contributed by atoms with Crippen LogP contribution in [-0.4, -0.2) is 48.3 Å². The van der Waals surface area contributed by atoms with E-state index in [4.69, 9.17) is 4.74 Å². The second-order valence-corrected chi connectivity index (χ2v) is 8.99. The monoisotopic (exact) mass is 473 g/mol. The number of carbonyl (C=O) groups excluding carboxylic acids is 3. The van der Waals surface area contributed by atoms with E-state index < -0.39 is 11.6 Å². The van der Waals surface area contributed by atoms with Crippen molar-refractivity contribution in [1.82, 2.24) is 15.1 Å². The summed E-state index contributed by atoms with van der Waals surface area (Å²) in [6.45, 7) is 2.11. The third-order valence-electron chi connectivity index (χ3n) is 6.60. The minimum Gasteiger partial charge on any atom is -0.497 e. The van der Waals surface area contributed by atoms with Gasteiger partial charge in [0, 0.05) is 13.6 Å². The number of hydrogen-bond donors (Lipinski definition) is 1. The van der Waals surface area contributed by atoms with Crippen molar-refractivity contribution in [2.24, 2.45) is 0 Å². The molecular formula is C28H31N3O4. The number of fused-ring (bicyclic) bond motifs is 1. The Morgan fingerprint density at radius 3 is 2.46 bits per heavy atom. The molecule has 4 rings (SSSR count). The van der Waals surface area contributed by atoms with Gasteiger partial charge in [-0.1, -0.05) is 68.3 Å². The van der Waals surface area contributed by atoms with E-state index in [1.54, 1.807) is 19.1 Å². The smallest absolute Gasteiger partial charge is 0.325 e. The lowest BCUT2D eigenvalue weighted by atomic mass is 9.85. The Bertz CT molecular complexity index is 1240. The van der Waals surface area contributed by atoms with Crippen molar-refractivity contribution in [2.45, 2.75) is 38.3 Å². The van der Waals surface area contributed by atoms with Crippen LogP contribution in [0.15, 0.2) is 66.7 Å². The molecule has 182 valence electrons. The average molecular weight is 474 g/mol. The number of nitrogens with one attached hydrogen (secondary N) is 1. The highest BCUT2D eigenvalue weighted by Gasteiger charge is 2.52. The van der Waals surface area contributed by atoms with Crippen molar-refractivity contribution in [3.8, 4) is 5.75 Å². The van der Waals surface area contributed by atoms with Gasteiger partial charge in [-0.05, 0) is 46.5 Å². The van der Waals surface area contributed by atoms with Crippen LogP contribution in [0.3, 0.4) is 0 Å². The molecule has 0 spiro atoms. The molecule has 0 bridgehead atoms. The maximum atomic E-state index is 13.5. The number of urea groups is 1. The topological polar surface area (TPSA) is 79.0 Å². The highest BCUT2D eigenvalue weighted by Crippen LogP contribution is 2.34. The molecule has 0 aliphatic carbocycles. The van der Waals surface area contributed by atoms with Gasteiger partial charge in [-0.25, -0.2) is 4.79 Å². The van der Waals surface area contributed by atoms with Gasteiger partial charge >= 0.3 is 6.03 Å². The summed E-state index contributed by atoms with van der Waals surface area (Å²) < 4.78 is 5.28. The normalized spacial score (nSPS) is 17.5. The van der Waals surface area contributed by atoms with Crippen LogP contribution in [0.2, 0.25) is 0 Å². The summed E-state index contributed by atoms with van der Waals surface area (Å²) in [7, 11) is 3.32. The van der Waals surface area contributed by atoms with E-state index in [9.17, 15) is 14.4 Å². The van der Waals surface area contributed by atoms with Crippen LogP contribution in [0, 0.1) is 0 Å². The number of ether oxygens (including phenoxy) is 1. The molecule has 3 aromatic carbocycles. The van der Waals surface area contributed by atoms with Gasteiger partial charge in [0.2, 0.25) is 5.91 Å². The number of nitrogens with zero attached hydrogens (tertiary/aromatic N) is 2. The molecule has 7 heteroatoms. The van der Waals surface area contributed by atoms with E-state index in [1.807, 2.05) is 73.7 Å².